The molecule has 0 aliphatic heterocycles. The molecule has 128 valence electrons. The molecule has 2 heterocycles. The summed E-state index contributed by atoms with van der Waals surface area (Å²) in [5, 5.41) is 13.6. The molecule has 1 aromatic carbocycles. The molecule has 0 aliphatic carbocycles. The lowest BCUT2D eigenvalue weighted by Crippen LogP contribution is -2.38. The highest BCUT2D eigenvalue weighted by molar-refractivity contribution is 5.97. The Bertz CT molecular complexity index is 903. The number of amides is 2. The summed E-state index contributed by atoms with van der Waals surface area (Å²) in [7, 11) is 0. The number of aryl methyl sites for hydroxylation is 1. The minimum absolute atomic E-state index is 0.0618. The van der Waals surface area contributed by atoms with Gasteiger partial charge in [0.15, 0.2) is 5.65 Å². The lowest BCUT2D eigenvalue weighted by Gasteiger charge is -2.08. The number of carbonyl (C=O) groups is 2. The van der Waals surface area contributed by atoms with Crippen LogP contribution in [0.5, 0.6) is 0 Å². The van der Waals surface area contributed by atoms with Crippen LogP contribution in [0.4, 0.5) is 0 Å². The fraction of sp³-hybridized carbons (Fsp3) is 0.222. The first-order valence-corrected chi connectivity index (χ1v) is 8.04. The number of rotatable bonds is 6. The molecule has 0 unspecified atom stereocenters. The lowest BCUT2D eigenvalue weighted by molar-refractivity contribution is -0.120. The summed E-state index contributed by atoms with van der Waals surface area (Å²) < 4.78 is 1.88. The van der Waals surface area contributed by atoms with Gasteiger partial charge < -0.3 is 10.6 Å². The number of fused-ring (bicyclic) bond motifs is 1. The predicted molar refractivity (Wildman–Crippen MR) is 93.2 cm³/mol. The van der Waals surface area contributed by atoms with Crippen LogP contribution in [0.15, 0.2) is 48.7 Å². The molecule has 25 heavy (non-hydrogen) atoms. The maximum absolute atomic E-state index is 12.1. The van der Waals surface area contributed by atoms with Gasteiger partial charge in [-0.15, -0.1) is 10.2 Å². The molecule has 0 radical (unpaired) electrons. The van der Waals surface area contributed by atoms with Crippen LogP contribution < -0.4 is 10.6 Å². The zero-order chi connectivity index (χ0) is 17.6. The number of pyridine rings is 1. The molecule has 3 aromatic rings. The second-order valence-electron chi connectivity index (χ2n) is 5.64. The Kier molecular flexibility index (Phi) is 5.03. The second-order valence-corrected chi connectivity index (χ2v) is 5.64. The van der Waals surface area contributed by atoms with Crippen LogP contribution in [0.25, 0.3) is 5.65 Å². The van der Waals surface area contributed by atoms with Gasteiger partial charge >= 0.3 is 0 Å². The van der Waals surface area contributed by atoms with E-state index >= 15 is 0 Å². The van der Waals surface area contributed by atoms with E-state index in [1.165, 1.54) is 0 Å². The monoisotopic (exact) mass is 337 g/mol. The summed E-state index contributed by atoms with van der Waals surface area (Å²) in [6.07, 6.45) is 2.44. The average molecular weight is 337 g/mol. The topological polar surface area (TPSA) is 88.4 Å². The molecule has 2 amide bonds. The molecule has 2 aromatic heterocycles. The maximum Gasteiger partial charge on any atom is 0.251 e. The van der Waals surface area contributed by atoms with E-state index in [1.807, 2.05) is 47.9 Å². The largest absolute Gasteiger partial charge is 0.354 e. The number of hydrogen-bond acceptors (Lipinski definition) is 4. The van der Waals surface area contributed by atoms with E-state index in [-0.39, 0.29) is 18.4 Å². The standard InChI is InChI=1S/C18H19N5O2/c1-13-6-2-3-7-14(13)18(25)20-12-17(24)19-10-9-16-22-21-15-8-4-5-11-23(15)16/h2-8,11H,9-10,12H2,1H3,(H,19,24)(H,20,25). The van der Waals surface area contributed by atoms with Crippen LogP contribution in [0.1, 0.15) is 21.7 Å². The Morgan fingerprint density at radius 1 is 1.04 bits per heavy atom. The van der Waals surface area contributed by atoms with Crippen molar-refractivity contribution in [2.45, 2.75) is 13.3 Å². The first-order chi connectivity index (χ1) is 12.1. The van der Waals surface area contributed by atoms with Gasteiger partial charge in [0.05, 0.1) is 6.54 Å². The van der Waals surface area contributed by atoms with Crippen LogP contribution in [-0.4, -0.2) is 39.5 Å². The van der Waals surface area contributed by atoms with Gasteiger partial charge in [0, 0.05) is 24.7 Å². The molecule has 7 nitrogen and oxygen atoms in total. The predicted octanol–water partition coefficient (Wildman–Crippen LogP) is 1.13. The molecule has 0 aliphatic rings. The highest BCUT2D eigenvalue weighted by Crippen LogP contribution is 2.06. The first-order valence-electron chi connectivity index (χ1n) is 8.04. The zero-order valence-electron chi connectivity index (χ0n) is 13.9. The van der Waals surface area contributed by atoms with Gasteiger partial charge in [-0.2, -0.15) is 0 Å². The van der Waals surface area contributed by atoms with Crippen molar-refractivity contribution in [3.8, 4) is 0 Å². The Hall–Kier alpha value is -3.22. The van der Waals surface area contributed by atoms with Gasteiger partial charge in [0.1, 0.15) is 5.82 Å². The van der Waals surface area contributed by atoms with Crippen molar-refractivity contribution in [1.29, 1.82) is 0 Å². The summed E-state index contributed by atoms with van der Waals surface area (Å²) in [4.78, 5) is 24.0. The fourth-order valence-corrected chi connectivity index (χ4v) is 2.52. The third kappa shape index (κ3) is 4.00. The molecule has 7 heteroatoms. The van der Waals surface area contributed by atoms with Crippen molar-refractivity contribution in [3.05, 3.63) is 65.6 Å². The van der Waals surface area contributed by atoms with Crippen molar-refractivity contribution in [3.63, 3.8) is 0 Å². The molecular formula is C18H19N5O2. The zero-order valence-corrected chi connectivity index (χ0v) is 13.9. The highest BCUT2D eigenvalue weighted by atomic mass is 16.2. The van der Waals surface area contributed by atoms with E-state index < -0.39 is 0 Å². The molecule has 0 fully saturated rings. The number of carbonyl (C=O) groups excluding carboxylic acids is 2. The quantitative estimate of drug-likeness (QED) is 0.706. The van der Waals surface area contributed by atoms with E-state index in [0.717, 1.165) is 17.0 Å². The number of benzene rings is 1. The number of hydrogen-bond donors (Lipinski definition) is 2. The van der Waals surface area contributed by atoms with Gasteiger partial charge in [-0.25, -0.2) is 0 Å². The van der Waals surface area contributed by atoms with Crippen molar-refractivity contribution < 1.29 is 9.59 Å². The number of nitrogens with zero attached hydrogens (tertiary/aromatic N) is 3. The van der Waals surface area contributed by atoms with E-state index in [4.69, 9.17) is 0 Å². The molecule has 0 saturated heterocycles. The molecular weight excluding hydrogens is 318 g/mol. The van der Waals surface area contributed by atoms with E-state index in [9.17, 15) is 9.59 Å². The van der Waals surface area contributed by atoms with Crippen LogP contribution in [0, 0.1) is 6.92 Å². The van der Waals surface area contributed by atoms with Gasteiger partial charge in [0.2, 0.25) is 5.91 Å². The van der Waals surface area contributed by atoms with Crippen molar-refractivity contribution in [2.75, 3.05) is 13.1 Å². The van der Waals surface area contributed by atoms with E-state index in [1.54, 1.807) is 12.1 Å². The average Bonchev–Trinajstić information content (AvgIpc) is 3.03. The van der Waals surface area contributed by atoms with E-state index in [0.29, 0.717) is 18.5 Å². The molecule has 0 spiro atoms. The van der Waals surface area contributed by atoms with Crippen molar-refractivity contribution in [2.24, 2.45) is 0 Å². The SMILES string of the molecule is Cc1ccccc1C(=O)NCC(=O)NCCc1nnc2ccccn12. The fourth-order valence-electron chi connectivity index (χ4n) is 2.52. The smallest absolute Gasteiger partial charge is 0.251 e. The Morgan fingerprint density at radius 3 is 2.68 bits per heavy atom. The van der Waals surface area contributed by atoms with Crippen LogP contribution in [-0.2, 0) is 11.2 Å². The van der Waals surface area contributed by atoms with Crippen LogP contribution in [0.2, 0.25) is 0 Å². The first kappa shape index (κ1) is 16.6. The van der Waals surface area contributed by atoms with Crippen LogP contribution in [0.3, 0.4) is 0 Å². The summed E-state index contributed by atoms with van der Waals surface area (Å²) in [5.41, 5.74) is 2.22. The molecule has 0 bridgehead atoms. The maximum atomic E-state index is 12.1. The summed E-state index contributed by atoms with van der Waals surface area (Å²) >= 11 is 0. The normalized spacial score (nSPS) is 10.6. The van der Waals surface area contributed by atoms with Gasteiger partial charge in [-0.1, -0.05) is 24.3 Å². The minimum atomic E-state index is -0.253. The molecule has 2 N–H and O–H groups in total. The Labute approximate surface area is 145 Å². The number of aromatic nitrogens is 3. The van der Waals surface area contributed by atoms with Crippen LogP contribution >= 0.6 is 0 Å². The number of nitrogens with one attached hydrogen (secondary N) is 2. The molecule has 0 saturated carbocycles. The summed E-state index contributed by atoms with van der Waals surface area (Å²) in [6.45, 7) is 2.22. The van der Waals surface area contributed by atoms with Gasteiger partial charge in [0.25, 0.3) is 5.91 Å². The lowest BCUT2D eigenvalue weighted by atomic mass is 10.1. The Balaban J connectivity index is 1.45. The van der Waals surface area contributed by atoms with Gasteiger partial charge in [-0.3, -0.25) is 14.0 Å². The minimum Gasteiger partial charge on any atom is -0.354 e. The van der Waals surface area contributed by atoms with Crippen molar-refractivity contribution in [1.82, 2.24) is 25.2 Å². The van der Waals surface area contributed by atoms with E-state index in [2.05, 4.69) is 20.8 Å². The molecule has 0 atom stereocenters. The second kappa shape index (κ2) is 7.57. The van der Waals surface area contributed by atoms with Gasteiger partial charge in [-0.05, 0) is 30.7 Å². The third-order valence-corrected chi connectivity index (χ3v) is 3.85. The highest BCUT2D eigenvalue weighted by Gasteiger charge is 2.10. The Morgan fingerprint density at radius 2 is 1.84 bits per heavy atom. The summed E-state index contributed by atoms with van der Waals surface area (Å²) in [5.74, 6) is 0.285. The third-order valence-electron chi connectivity index (χ3n) is 3.85. The van der Waals surface area contributed by atoms with Crippen molar-refractivity contribution >= 4 is 17.5 Å². The summed E-state index contributed by atoms with van der Waals surface area (Å²) in [6, 6.07) is 12.9. The molecule has 3 rings (SSSR count).